The van der Waals surface area contributed by atoms with Gasteiger partial charge in [-0.2, -0.15) is 0 Å². The molecule has 3 rings (SSSR count). The Bertz CT molecular complexity index is 550. The minimum absolute atomic E-state index is 0.194. The van der Waals surface area contributed by atoms with Crippen molar-refractivity contribution in [3.05, 3.63) is 35.4 Å². The van der Waals surface area contributed by atoms with Crippen molar-refractivity contribution in [1.29, 1.82) is 0 Å². The molecule has 0 N–H and O–H groups in total. The molecule has 23 heavy (non-hydrogen) atoms. The summed E-state index contributed by atoms with van der Waals surface area (Å²) < 4.78 is 5.82. The number of carbonyl (C=O) groups excluding carboxylic acids is 1. The SMILES string of the molecule is Cc1ccccc1C(=O)N1CCC[C@@H]1CN1C[C@@H](C)O[C@H](C)C1. The molecule has 2 fully saturated rings. The number of hydrogen-bond donors (Lipinski definition) is 0. The Morgan fingerprint density at radius 3 is 2.61 bits per heavy atom. The summed E-state index contributed by atoms with van der Waals surface area (Å²) in [6.07, 6.45) is 2.77. The van der Waals surface area contributed by atoms with Gasteiger partial charge >= 0.3 is 0 Å². The van der Waals surface area contributed by atoms with Gasteiger partial charge in [-0.25, -0.2) is 0 Å². The number of likely N-dealkylation sites (tertiary alicyclic amines) is 1. The smallest absolute Gasteiger partial charge is 0.254 e. The number of amides is 1. The monoisotopic (exact) mass is 316 g/mol. The van der Waals surface area contributed by atoms with Crippen LogP contribution in [0.5, 0.6) is 0 Å². The van der Waals surface area contributed by atoms with E-state index in [4.69, 9.17) is 4.74 Å². The Morgan fingerprint density at radius 1 is 1.22 bits per heavy atom. The lowest BCUT2D eigenvalue weighted by molar-refractivity contribution is -0.0715. The third-order valence-electron chi connectivity index (χ3n) is 4.98. The molecule has 4 heteroatoms. The quantitative estimate of drug-likeness (QED) is 0.859. The topological polar surface area (TPSA) is 32.8 Å². The first-order chi connectivity index (χ1) is 11.0. The van der Waals surface area contributed by atoms with Gasteiger partial charge in [-0.3, -0.25) is 9.69 Å². The van der Waals surface area contributed by atoms with Crippen molar-refractivity contribution < 1.29 is 9.53 Å². The Labute approximate surface area is 139 Å². The van der Waals surface area contributed by atoms with Crippen LogP contribution in [0.1, 0.15) is 42.6 Å². The molecule has 1 aromatic rings. The van der Waals surface area contributed by atoms with Crippen LogP contribution in [0, 0.1) is 6.92 Å². The zero-order chi connectivity index (χ0) is 16.4. The number of rotatable bonds is 3. The minimum Gasteiger partial charge on any atom is -0.373 e. The first-order valence-electron chi connectivity index (χ1n) is 8.79. The molecule has 2 aliphatic rings. The number of aryl methyl sites for hydroxylation is 1. The van der Waals surface area contributed by atoms with Gasteiger partial charge < -0.3 is 9.64 Å². The van der Waals surface area contributed by atoms with Crippen LogP contribution < -0.4 is 0 Å². The van der Waals surface area contributed by atoms with Crippen molar-refractivity contribution >= 4 is 5.91 Å². The normalized spacial score (nSPS) is 29.0. The fraction of sp³-hybridized carbons (Fsp3) is 0.632. The van der Waals surface area contributed by atoms with E-state index in [1.807, 2.05) is 31.2 Å². The predicted octanol–water partition coefficient (Wildman–Crippen LogP) is 2.71. The van der Waals surface area contributed by atoms with Gasteiger partial charge in [0.15, 0.2) is 0 Å². The molecule has 2 heterocycles. The Kier molecular flexibility index (Phi) is 5.02. The first-order valence-corrected chi connectivity index (χ1v) is 8.79. The molecule has 0 unspecified atom stereocenters. The van der Waals surface area contributed by atoms with Crippen LogP contribution in [0.15, 0.2) is 24.3 Å². The second-order valence-electron chi connectivity index (χ2n) is 7.09. The summed E-state index contributed by atoms with van der Waals surface area (Å²) in [5.41, 5.74) is 1.92. The van der Waals surface area contributed by atoms with E-state index in [0.717, 1.165) is 50.1 Å². The van der Waals surface area contributed by atoms with E-state index < -0.39 is 0 Å². The average molecular weight is 316 g/mol. The van der Waals surface area contributed by atoms with Gasteiger partial charge in [0.1, 0.15) is 0 Å². The van der Waals surface area contributed by atoms with Gasteiger partial charge in [0, 0.05) is 37.8 Å². The summed E-state index contributed by atoms with van der Waals surface area (Å²) in [4.78, 5) is 17.5. The third-order valence-corrected chi connectivity index (χ3v) is 4.98. The number of carbonyl (C=O) groups is 1. The van der Waals surface area contributed by atoms with E-state index in [0.29, 0.717) is 6.04 Å². The fourth-order valence-electron chi connectivity index (χ4n) is 3.99. The maximum atomic E-state index is 12.9. The first kappa shape index (κ1) is 16.5. The van der Waals surface area contributed by atoms with Gasteiger partial charge in [-0.1, -0.05) is 18.2 Å². The van der Waals surface area contributed by atoms with E-state index in [-0.39, 0.29) is 18.1 Å². The molecular formula is C19H28N2O2. The van der Waals surface area contributed by atoms with E-state index >= 15 is 0 Å². The number of morpholine rings is 1. The molecule has 0 aromatic heterocycles. The van der Waals surface area contributed by atoms with E-state index in [1.165, 1.54) is 0 Å². The van der Waals surface area contributed by atoms with E-state index in [2.05, 4.69) is 23.6 Å². The van der Waals surface area contributed by atoms with Gasteiger partial charge in [-0.05, 0) is 45.2 Å². The molecular weight excluding hydrogens is 288 g/mol. The molecule has 0 radical (unpaired) electrons. The molecule has 2 saturated heterocycles. The Morgan fingerprint density at radius 2 is 1.91 bits per heavy atom. The third kappa shape index (κ3) is 3.75. The largest absolute Gasteiger partial charge is 0.373 e. The van der Waals surface area contributed by atoms with Crippen LogP contribution in [-0.2, 0) is 4.74 Å². The summed E-state index contributed by atoms with van der Waals surface area (Å²) in [6.45, 7) is 10.1. The average Bonchev–Trinajstić information content (AvgIpc) is 2.94. The molecule has 2 aliphatic heterocycles. The lowest BCUT2D eigenvalue weighted by Gasteiger charge is -2.38. The molecule has 0 spiro atoms. The molecule has 0 aliphatic carbocycles. The van der Waals surface area contributed by atoms with Crippen LogP contribution in [0.3, 0.4) is 0 Å². The minimum atomic E-state index is 0.194. The highest BCUT2D eigenvalue weighted by atomic mass is 16.5. The summed E-state index contributed by atoms with van der Waals surface area (Å²) in [6, 6.07) is 8.25. The van der Waals surface area contributed by atoms with Gasteiger partial charge in [0.05, 0.1) is 12.2 Å². The lowest BCUT2D eigenvalue weighted by Crippen LogP contribution is -2.51. The Hall–Kier alpha value is -1.39. The van der Waals surface area contributed by atoms with Crippen molar-refractivity contribution in [1.82, 2.24) is 9.80 Å². The highest BCUT2D eigenvalue weighted by molar-refractivity contribution is 5.96. The van der Waals surface area contributed by atoms with Crippen LogP contribution in [-0.4, -0.2) is 60.1 Å². The maximum Gasteiger partial charge on any atom is 0.254 e. The molecule has 126 valence electrons. The molecule has 0 bridgehead atoms. The molecule has 3 atom stereocenters. The maximum absolute atomic E-state index is 12.9. The Balaban J connectivity index is 1.68. The summed E-state index contributed by atoms with van der Waals surface area (Å²) in [5, 5.41) is 0. The van der Waals surface area contributed by atoms with Crippen molar-refractivity contribution in [3.8, 4) is 0 Å². The number of ether oxygens (including phenoxy) is 1. The van der Waals surface area contributed by atoms with Gasteiger partial charge in [-0.15, -0.1) is 0 Å². The lowest BCUT2D eigenvalue weighted by atomic mass is 10.1. The van der Waals surface area contributed by atoms with Crippen molar-refractivity contribution in [2.24, 2.45) is 0 Å². The van der Waals surface area contributed by atoms with Crippen molar-refractivity contribution in [2.45, 2.75) is 51.9 Å². The standard InChI is InChI=1S/C19H28N2O2/c1-14-7-4-5-9-18(14)19(22)21-10-6-8-17(21)13-20-11-15(2)23-16(3)12-20/h4-5,7,9,15-17H,6,8,10-13H2,1-3H3/t15-,16-,17-/m1/s1. The van der Waals surface area contributed by atoms with Crippen molar-refractivity contribution in [2.75, 3.05) is 26.2 Å². The van der Waals surface area contributed by atoms with Crippen LogP contribution >= 0.6 is 0 Å². The second kappa shape index (κ2) is 7.02. The summed E-state index contributed by atoms with van der Waals surface area (Å²) in [5.74, 6) is 0.194. The van der Waals surface area contributed by atoms with Gasteiger partial charge in [0.2, 0.25) is 0 Å². The molecule has 1 amide bonds. The van der Waals surface area contributed by atoms with E-state index in [1.54, 1.807) is 0 Å². The van der Waals surface area contributed by atoms with Crippen LogP contribution in [0.2, 0.25) is 0 Å². The second-order valence-corrected chi connectivity index (χ2v) is 7.09. The zero-order valence-electron chi connectivity index (χ0n) is 14.5. The summed E-state index contributed by atoms with van der Waals surface area (Å²) >= 11 is 0. The molecule has 4 nitrogen and oxygen atoms in total. The molecule has 1 aromatic carbocycles. The van der Waals surface area contributed by atoms with Crippen LogP contribution in [0.25, 0.3) is 0 Å². The van der Waals surface area contributed by atoms with E-state index in [9.17, 15) is 4.79 Å². The highest BCUT2D eigenvalue weighted by Crippen LogP contribution is 2.23. The van der Waals surface area contributed by atoms with Crippen molar-refractivity contribution in [3.63, 3.8) is 0 Å². The number of nitrogens with zero attached hydrogens (tertiary/aromatic N) is 2. The molecule has 0 saturated carbocycles. The number of hydrogen-bond acceptors (Lipinski definition) is 3. The summed E-state index contributed by atoms with van der Waals surface area (Å²) in [7, 11) is 0. The fourth-order valence-corrected chi connectivity index (χ4v) is 3.99. The van der Waals surface area contributed by atoms with Crippen LogP contribution in [0.4, 0.5) is 0 Å². The highest BCUT2D eigenvalue weighted by Gasteiger charge is 2.33. The van der Waals surface area contributed by atoms with Gasteiger partial charge in [0.25, 0.3) is 5.91 Å². The number of benzene rings is 1. The predicted molar refractivity (Wildman–Crippen MR) is 91.7 cm³/mol. The zero-order valence-corrected chi connectivity index (χ0v) is 14.5.